The molecule has 20 heavy (non-hydrogen) atoms. The monoisotopic (exact) mass is 304 g/mol. The van der Waals surface area contributed by atoms with Crippen LogP contribution in [0.2, 0.25) is 0 Å². The molecule has 1 atom stereocenters. The molecule has 0 spiro atoms. The number of sulfonamides is 1. The predicted molar refractivity (Wildman–Crippen MR) is 75.8 cm³/mol. The van der Waals surface area contributed by atoms with Gasteiger partial charge in [0.1, 0.15) is 6.10 Å². The molecule has 7 heteroatoms. The summed E-state index contributed by atoms with van der Waals surface area (Å²) >= 11 is 0. The van der Waals surface area contributed by atoms with Gasteiger partial charge >= 0.3 is 0 Å². The van der Waals surface area contributed by atoms with E-state index < -0.39 is 10.0 Å². The average molecular weight is 304 g/mol. The van der Waals surface area contributed by atoms with Crippen LogP contribution >= 0.6 is 0 Å². The molecule has 0 radical (unpaired) electrons. The van der Waals surface area contributed by atoms with E-state index in [4.69, 9.17) is 4.74 Å². The Labute approximate surface area is 120 Å². The fourth-order valence-electron chi connectivity index (χ4n) is 3.00. The molecule has 1 aliphatic carbocycles. The van der Waals surface area contributed by atoms with E-state index in [1.165, 1.54) is 10.6 Å². The lowest BCUT2D eigenvalue weighted by Gasteiger charge is -2.26. The average Bonchev–Trinajstić information content (AvgIpc) is 3.04. The molecule has 0 aromatic rings. The van der Waals surface area contributed by atoms with Crippen molar-refractivity contribution in [2.75, 3.05) is 26.0 Å². The second-order valence-corrected chi connectivity index (χ2v) is 7.54. The fraction of sp³-hybridized carbons (Fsp3) is 0.923. The highest BCUT2D eigenvalue weighted by Gasteiger charge is 2.29. The number of nitrogens with zero attached hydrogens (tertiary/aromatic N) is 1. The van der Waals surface area contributed by atoms with Crippen LogP contribution in [-0.4, -0.2) is 56.7 Å². The molecule has 2 fully saturated rings. The van der Waals surface area contributed by atoms with Crippen molar-refractivity contribution >= 4 is 15.9 Å². The van der Waals surface area contributed by atoms with E-state index >= 15 is 0 Å². The maximum Gasteiger partial charge on any atom is 0.249 e. The first-order valence-corrected chi connectivity index (χ1v) is 9.19. The predicted octanol–water partition coefficient (Wildman–Crippen LogP) is 0.486. The minimum absolute atomic E-state index is 0.102. The van der Waals surface area contributed by atoms with E-state index in [2.05, 4.69) is 5.32 Å². The number of ether oxygens (including phenoxy) is 1. The summed E-state index contributed by atoms with van der Waals surface area (Å²) in [7, 11) is -3.21. The van der Waals surface area contributed by atoms with Gasteiger partial charge in [-0.25, -0.2) is 8.42 Å². The summed E-state index contributed by atoms with van der Waals surface area (Å²) in [5, 5.41) is 2.78. The maximum atomic E-state index is 11.8. The molecule has 1 N–H and O–H groups in total. The summed E-state index contributed by atoms with van der Waals surface area (Å²) in [5.41, 5.74) is 0. The van der Waals surface area contributed by atoms with Crippen LogP contribution in [-0.2, 0) is 19.6 Å². The van der Waals surface area contributed by atoms with Crippen molar-refractivity contribution in [3.63, 3.8) is 0 Å². The van der Waals surface area contributed by atoms with Gasteiger partial charge in [-0.05, 0) is 25.7 Å². The third-order valence-electron chi connectivity index (χ3n) is 4.01. The molecule has 1 unspecified atom stereocenters. The molecular formula is C13H24N2O4S. The number of hydrogen-bond acceptors (Lipinski definition) is 4. The number of carbonyl (C=O) groups is 1. The van der Waals surface area contributed by atoms with Crippen molar-refractivity contribution in [2.24, 2.45) is 0 Å². The van der Waals surface area contributed by atoms with Gasteiger partial charge in [-0.3, -0.25) is 4.79 Å². The Hall–Kier alpha value is -0.660. The molecule has 1 amide bonds. The van der Waals surface area contributed by atoms with E-state index in [9.17, 15) is 13.2 Å². The Morgan fingerprint density at radius 1 is 1.25 bits per heavy atom. The molecule has 6 nitrogen and oxygen atoms in total. The SMILES string of the molecule is CS(=O)(=O)N(CCNC(=O)C1CCCO1)C1CCCC1. The van der Waals surface area contributed by atoms with Crippen LogP contribution < -0.4 is 5.32 Å². The lowest BCUT2D eigenvalue weighted by molar-refractivity contribution is -0.130. The summed E-state index contributed by atoms with van der Waals surface area (Å²) < 4.78 is 30.5. The van der Waals surface area contributed by atoms with E-state index in [0.29, 0.717) is 19.7 Å². The molecule has 2 aliphatic rings. The van der Waals surface area contributed by atoms with Crippen LogP contribution in [0.15, 0.2) is 0 Å². The largest absolute Gasteiger partial charge is 0.368 e. The third kappa shape index (κ3) is 4.17. The summed E-state index contributed by atoms with van der Waals surface area (Å²) in [6.07, 6.45) is 6.57. The zero-order valence-corrected chi connectivity index (χ0v) is 12.8. The van der Waals surface area contributed by atoms with Crippen molar-refractivity contribution in [1.29, 1.82) is 0 Å². The topological polar surface area (TPSA) is 75.7 Å². The van der Waals surface area contributed by atoms with Gasteiger partial charge in [-0.15, -0.1) is 0 Å². The summed E-state index contributed by atoms with van der Waals surface area (Å²) in [6.45, 7) is 1.33. The van der Waals surface area contributed by atoms with Crippen LogP contribution in [0.25, 0.3) is 0 Å². The van der Waals surface area contributed by atoms with E-state index in [-0.39, 0.29) is 18.1 Å². The number of rotatable bonds is 6. The molecule has 1 saturated heterocycles. The van der Waals surface area contributed by atoms with Crippen LogP contribution in [0.5, 0.6) is 0 Å². The van der Waals surface area contributed by atoms with E-state index in [1.807, 2.05) is 0 Å². The first-order chi connectivity index (χ1) is 9.48. The van der Waals surface area contributed by atoms with Gasteiger partial charge in [0.05, 0.1) is 6.26 Å². The molecule has 0 aromatic carbocycles. The summed E-state index contributed by atoms with van der Waals surface area (Å²) in [6, 6.07) is 0.102. The molecule has 116 valence electrons. The van der Waals surface area contributed by atoms with E-state index in [1.54, 1.807) is 0 Å². The Bertz CT molecular complexity index is 426. The van der Waals surface area contributed by atoms with Gasteiger partial charge in [0.2, 0.25) is 15.9 Å². The molecule has 1 aliphatic heterocycles. The highest BCUT2D eigenvalue weighted by molar-refractivity contribution is 7.88. The molecule has 1 heterocycles. The van der Waals surface area contributed by atoms with Gasteiger partial charge < -0.3 is 10.1 Å². The summed E-state index contributed by atoms with van der Waals surface area (Å²) in [4.78, 5) is 11.8. The first-order valence-electron chi connectivity index (χ1n) is 7.34. The standard InChI is InChI=1S/C13H24N2O4S/c1-20(17,18)15(11-5-2-3-6-11)9-8-14-13(16)12-7-4-10-19-12/h11-12H,2-10H2,1H3,(H,14,16). The van der Waals surface area contributed by atoms with Crippen molar-refractivity contribution in [1.82, 2.24) is 9.62 Å². The first kappa shape index (κ1) is 15.7. The Morgan fingerprint density at radius 2 is 1.95 bits per heavy atom. The molecule has 0 aromatic heterocycles. The quantitative estimate of drug-likeness (QED) is 0.775. The van der Waals surface area contributed by atoms with Gasteiger partial charge in [-0.2, -0.15) is 4.31 Å². The maximum absolute atomic E-state index is 11.8. The Balaban J connectivity index is 1.81. The van der Waals surface area contributed by atoms with Crippen LogP contribution in [0, 0.1) is 0 Å². The lowest BCUT2D eigenvalue weighted by atomic mass is 10.2. The molecule has 1 saturated carbocycles. The van der Waals surface area contributed by atoms with Crippen molar-refractivity contribution in [2.45, 2.75) is 50.7 Å². The van der Waals surface area contributed by atoms with Crippen LogP contribution in [0.3, 0.4) is 0 Å². The van der Waals surface area contributed by atoms with Crippen LogP contribution in [0.4, 0.5) is 0 Å². The minimum Gasteiger partial charge on any atom is -0.368 e. The highest BCUT2D eigenvalue weighted by atomic mass is 32.2. The number of nitrogens with one attached hydrogen (secondary N) is 1. The normalized spacial score (nSPS) is 24.4. The summed E-state index contributed by atoms with van der Waals surface area (Å²) in [5.74, 6) is -0.123. The number of amides is 1. The van der Waals surface area contributed by atoms with Gasteiger partial charge in [0.15, 0.2) is 0 Å². The smallest absolute Gasteiger partial charge is 0.249 e. The highest BCUT2D eigenvalue weighted by Crippen LogP contribution is 2.24. The van der Waals surface area contributed by atoms with Crippen molar-refractivity contribution in [3.8, 4) is 0 Å². The molecular weight excluding hydrogens is 280 g/mol. The number of carbonyl (C=O) groups excluding carboxylic acids is 1. The molecule has 2 rings (SSSR count). The third-order valence-corrected chi connectivity index (χ3v) is 5.34. The fourth-order valence-corrected chi connectivity index (χ4v) is 4.17. The lowest BCUT2D eigenvalue weighted by Crippen LogP contribution is -2.44. The number of hydrogen-bond donors (Lipinski definition) is 1. The minimum atomic E-state index is -3.21. The van der Waals surface area contributed by atoms with Gasteiger partial charge in [0, 0.05) is 25.7 Å². The zero-order valence-electron chi connectivity index (χ0n) is 12.0. The zero-order chi connectivity index (χ0) is 14.6. The second-order valence-electron chi connectivity index (χ2n) is 5.60. The Kier molecular flexibility index (Phi) is 5.40. The molecule has 0 bridgehead atoms. The van der Waals surface area contributed by atoms with Gasteiger partial charge in [0.25, 0.3) is 0 Å². The van der Waals surface area contributed by atoms with E-state index in [0.717, 1.165) is 38.5 Å². The van der Waals surface area contributed by atoms with Gasteiger partial charge in [-0.1, -0.05) is 12.8 Å². The Morgan fingerprint density at radius 3 is 2.50 bits per heavy atom. The second kappa shape index (κ2) is 6.87. The van der Waals surface area contributed by atoms with Crippen molar-refractivity contribution in [3.05, 3.63) is 0 Å². The van der Waals surface area contributed by atoms with Crippen molar-refractivity contribution < 1.29 is 17.9 Å². The van der Waals surface area contributed by atoms with Crippen LogP contribution in [0.1, 0.15) is 38.5 Å².